The van der Waals surface area contributed by atoms with Crippen molar-refractivity contribution in [1.29, 1.82) is 0 Å². The molecule has 0 aromatic heterocycles. The van der Waals surface area contributed by atoms with E-state index < -0.39 is 0 Å². The van der Waals surface area contributed by atoms with E-state index in [1.54, 1.807) is 19.2 Å². The molecule has 1 N–H and O–H groups in total. The molecular weight excluding hydrogens is 229 g/mol. The van der Waals surface area contributed by atoms with Crippen molar-refractivity contribution < 1.29 is 9.13 Å². The average molecular weight is 253 g/mol. The molecule has 1 atom stereocenters. The van der Waals surface area contributed by atoms with Gasteiger partial charge < -0.3 is 10.1 Å². The molecule has 1 aromatic carbocycles. The predicted molar refractivity (Wildman–Crippen MR) is 73.5 cm³/mol. The number of benzene rings is 1. The van der Waals surface area contributed by atoms with Gasteiger partial charge in [-0.3, -0.25) is 0 Å². The minimum absolute atomic E-state index is 0.176. The number of ether oxygens (including phenoxy) is 1. The van der Waals surface area contributed by atoms with Crippen LogP contribution in [-0.2, 0) is 0 Å². The van der Waals surface area contributed by atoms with Gasteiger partial charge in [0.2, 0.25) is 0 Å². The number of rotatable bonds is 8. The van der Waals surface area contributed by atoms with Gasteiger partial charge in [-0.1, -0.05) is 26.7 Å². The van der Waals surface area contributed by atoms with Gasteiger partial charge in [0.05, 0.1) is 7.11 Å². The van der Waals surface area contributed by atoms with E-state index in [0.717, 1.165) is 43.5 Å². The normalized spacial score (nSPS) is 12.4. The number of unbranched alkanes of at least 4 members (excludes halogenated alkanes) is 1. The number of nitrogens with one attached hydrogen (secondary N) is 1. The predicted octanol–water partition coefficient (Wildman–Crippen LogP) is 4.07. The number of halogens is 1. The van der Waals surface area contributed by atoms with E-state index in [2.05, 4.69) is 19.2 Å². The summed E-state index contributed by atoms with van der Waals surface area (Å²) in [6.45, 7) is 5.24. The van der Waals surface area contributed by atoms with E-state index in [1.165, 1.54) is 6.07 Å². The Morgan fingerprint density at radius 3 is 2.67 bits per heavy atom. The number of methoxy groups -OCH3 is 1. The van der Waals surface area contributed by atoms with Crippen molar-refractivity contribution in [1.82, 2.24) is 5.32 Å². The molecule has 0 aliphatic rings. The molecule has 0 spiro atoms. The zero-order valence-corrected chi connectivity index (χ0v) is 11.6. The first kappa shape index (κ1) is 15.0. The van der Waals surface area contributed by atoms with E-state index in [0.29, 0.717) is 0 Å². The van der Waals surface area contributed by atoms with Crippen LogP contribution in [0.4, 0.5) is 4.39 Å². The highest BCUT2D eigenvalue weighted by Crippen LogP contribution is 2.29. The summed E-state index contributed by atoms with van der Waals surface area (Å²) in [5.41, 5.74) is 0.930. The lowest BCUT2D eigenvalue weighted by Gasteiger charge is -2.21. The summed E-state index contributed by atoms with van der Waals surface area (Å²) < 4.78 is 18.7. The Bertz CT molecular complexity index is 346. The summed E-state index contributed by atoms with van der Waals surface area (Å²) >= 11 is 0. The van der Waals surface area contributed by atoms with Crippen LogP contribution >= 0.6 is 0 Å². The van der Waals surface area contributed by atoms with Gasteiger partial charge in [0.25, 0.3) is 0 Å². The highest BCUT2D eigenvalue weighted by molar-refractivity contribution is 5.36. The summed E-state index contributed by atoms with van der Waals surface area (Å²) in [7, 11) is 1.63. The van der Waals surface area contributed by atoms with Crippen LogP contribution < -0.4 is 10.1 Å². The Kier molecular flexibility index (Phi) is 6.73. The first-order valence-corrected chi connectivity index (χ1v) is 6.79. The number of hydrogen-bond donors (Lipinski definition) is 1. The summed E-state index contributed by atoms with van der Waals surface area (Å²) in [5.74, 6) is 0.562. The van der Waals surface area contributed by atoms with Gasteiger partial charge in [0.15, 0.2) is 0 Å². The van der Waals surface area contributed by atoms with Crippen LogP contribution in [0, 0.1) is 5.82 Å². The largest absolute Gasteiger partial charge is 0.496 e. The molecule has 0 heterocycles. The highest BCUT2D eigenvalue weighted by atomic mass is 19.1. The first-order valence-electron chi connectivity index (χ1n) is 6.79. The van der Waals surface area contributed by atoms with Crippen molar-refractivity contribution in [3.63, 3.8) is 0 Å². The quantitative estimate of drug-likeness (QED) is 0.754. The van der Waals surface area contributed by atoms with Gasteiger partial charge in [0.1, 0.15) is 11.6 Å². The van der Waals surface area contributed by atoms with Crippen molar-refractivity contribution >= 4 is 0 Å². The van der Waals surface area contributed by atoms with E-state index >= 15 is 0 Å². The molecule has 1 aromatic rings. The van der Waals surface area contributed by atoms with Crippen LogP contribution in [-0.4, -0.2) is 13.7 Å². The Morgan fingerprint density at radius 2 is 2.06 bits per heavy atom. The molecule has 1 rings (SSSR count). The fourth-order valence-corrected chi connectivity index (χ4v) is 2.07. The molecule has 0 fully saturated rings. The van der Waals surface area contributed by atoms with Gasteiger partial charge in [-0.05, 0) is 37.6 Å². The highest BCUT2D eigenvalue weighted by Gasteiger charge is 2.15. The second-order valence-electron chi connectivity index (χ2n) is 4.54. The van der Waals surface area contributed by atoms with E-state index in [9.17, 15) is 4.39 Å². The topological polar surface area (TPSA) is 21.3 Å². The number of hydrogen-bond acceptors (Lipinski definition) is 2. The molecule has 18 heavy (non-hydrogen) atoms. The molecular formula is C15H24FNO. The Hall–Kier alpha value is -1.09. The van der Waals surface area contributed by atoms with Crippen molar-refractivity contribution in [2.24, 2.45) is 0 Å². The smallest absolute Gasteiger partial charge is 0.123 e. The molecule has 1 unspecified atom stereocenters. The first-order chi connectivity index (χ1) is 8.72. The fourth-order valence-electron chi connectivity index (χ4n) is 2.07. The van der Waals surface area contributed by atoms with E-state index in [1.807, 2.05) is 0 Å². The lowest BCUT2D eigenvalue weighted by molar-refractivity contribution is 0.390. The monoisotopic (exact) mass is 253 g/mol. The van der Waals surface area contributed by atoms with Crippen LogP contribution in [0.2, 0.25) is 0 Å². The van der Waals surface area contributed by atoms with Crippen LogP contribution in [0.5, 0.6) is 5.75 Å². The Morgan fingerprint density at radius 1 is 1.28 bits per heavy atom. The van der Waals surface area contributed by atoms with Crippen molar-refractivity contribution in [3.8, 4) is 5.75 Å². The average Bonchev–Trinajstić information content (AvgIpc) is 2.39. The van der Waals surface area contributed by atoms with Gasteiger partial charge in [-0.15, -0.1) is 0 Å². The lowest BCUT2D eigenvalue weighted by atomic mass is 9.99. The molecule has 2 nitrogen and oxygen atoms in total. The van der Waals surface area contributed by atoms with Crippen molar-refractivity contribution in [2.75, 3.05) is 13.7 Å². The molecule has 0 amide bonds. The standard InChI is InChI=1S/C15H24FNO/c1-4-6-7-14(17-10-5-2)13-11-12(16)8-9-15(13)18-3/h8-9,11,14,17H,4-7,10H2,1-3H3. The zero-order chi connectivity index (χ0) is 13.4. The molecule has 0 aliphatic heterocycles. The Balaban J connectivity index is 2.90. The molecule has 3 heteroatoms. The second-order valence-corrected chi connectivity index (χ2v) is 4.54. The zero-order valence-electron chi connectivity index (χ0n) is 11.6. The maximum atomic E-state index is 13.4. The maximum Gasteiger partial charge on any atom is 0.123 e. The minimum Gasteiger partial charge on any atom is -0.496 e. The SMILES string of the molecule is CCCCC(NCCC)c1cc(F)ccc1OC. The van der Waals surface area contributed by atoms with E-state index in [4.69, 9.17) is 4.74 Å². The van der Waals surface area contributed by atoms with Crippen LogP contribution in [0.3, 0.4) is 0 Å². The molecule has 0 saturated heterocycles. The maximum absolute atomic E-state index is 13.4. The fraction of sp³-hybridized carbons (Fsp3) is 0.600. The van der Waals surface area contributed by atoms with Gasteiger partial charge in [0, 0.05) is 11.6 Å². The lowest BCUT2D eigenvalue weighted by Crippen LogP contribution is -2.22. The molecule has 0 radical (unpaired) electrons. The van der Waals surface area contributed by atoms with E-state index in [-0.39, 0.29) is 11.9 Å². The second kappa shape index (κ2) is 8.09. The molecule has 102 valence electrons. The summed E-state index contributed by atoms with van der Waals surface area (Å²) in [5, 5.41) is 3.48. The minimum atomic E-state index is -0.203. The Labute approximate surface area is 110 Å². The summed E-state index contributed by atoms with van der Waals surface area (Å²) in [6.07, 6.45) is 4.35. The summed E-state index contributed by atoms with van der Waals surface area (Å²) in [4.78, 5) is 0. The third kappa shape index (κ3) is 4.30. The third-order valence-corrected chi connectivity index (χ3v) is 3.05. The molecule has 0 aliphatic carbocycles. The van der Waals surface area contributed by atoms with Gasteiger partial charge in [-0.25, -0.2) is 4.39 Å². The molecule has 0 saturated carbocycles. The third-order valence-electron chi connectivity index (χ3n) is 3.05. The van der Waals surface area contributed by atoms with Gasteiger partial charge in [-0.2, -0.15) is 0 Å². The van der Waals surface area contributed by atoms with Gasteiger partial charge >= 0.3 is 0 Å². The van der Waals surface area contributed by atoms with Crippen molar-refractivity contribution in [3.05, 3.63) is 29.6 Å². The summed E-state index contributed by atoms with van der Waals surface area (Å²) in [6, 6.07) is 4.91. The van der Waals surface area contributed by atoms with Crippen molar-refractivity contribution in [2.45, 2.75) is 45.6 Å². The van der Waals surface area contributed by atoms with Crippen LogP contribution in [0.1, 0.15) is 51.1 Å². The van der Waals surface area contributed by atoms with Crippen LogP contribution in [0.25, 0.3) is 0 Å². The van der Waals surface area contributed by atoms with Crippen LogP contribution in [0.15, 0.2) is 18.2 Å². The molecule has 0 bridgehead atoms.